The molecule has 1 rings (SSSR count). The average Bonchev–Trinajstić information content (AvgIpc) is 2.51. The summed E-state index contributed by atoms with van der Waals surface area (Å²) < 4.78 is 28.6. The van der Waals surface area contributed by atoms with Crippen molar-refractivity contribution in [2.45, 2.75) is 45.3 Å². The molecular formula is C16H32IN3O4S. The Hall–Kier alpha value is -0.580. The molecule has 1 aliphatic heterocycles. The summed E-state index contributed by atoms with van der Waals surface area (Å²) in [6, 6.07) is 0. The van der Waals surface area contributed by atoms with E-state index in [9.17, 15) is 13.2 Å². The van der Waals surface area contributed by atoms with Crippen molar-refractivity contribution in [2.75, 3.05) is 39.0 Å². The van der Waals surface area contributed by atoms with Gasteiger partial charge in [-0.1, -0.05) is 0 Å². The summed E-state index contributed by atoms with van der Waals surface area (Å²) in [4.78, 5) is 18.1. The molecule has 1 heterocycles. The van der Waals surface area contributed by atoms with Crippen LogP contribution in [0.1, 0.15) is 40.5 Å². The highest BCUT2D eigenvalue weighted by Crippen LogP contribution is 2.18. The van der Waals surface area contributed by atoms with Crippen LogP contribution in [0.2, 0.25) is 0 Å². The molecule has 0 spiro atoms. The molecule has 1 fully saturated rings. The number of sulfone groups is 1. The van der Waals surface area contributed by atoms with Crippen molar-refractivity contribution in [2.24, 2.45) is 10.9 Å². The highest BCUT2D eigenvalue weighted by Gasteiger charge is 2.30. The normalized spacial score (nSPS) is 19.2. The van der Waals surface area contributed by atoms with Gasteiger partial charge in [0.05, 0.1) is 23.0 Å². The Balaban J connectivity index is 0.00000576. The average molecular weight is 489 g/mol. The van der Waals surface area contributed by atoms with Crippen LogP contribution in [0.15, 0.2) is 4.99 Å². The van der Waals surface area contributed by atoms with Crippen LogP contribution in [0, 0.1) is 5.92 Å². The molecule has 9 heteroatoms. The quantitative estimate of drug-likeness (QED) is 0.274. The Kier molecular flexibility index (Phi) is 10.3. The number of guanidine groups is 1. The Bertz CT molecular complexity index is 558. The van der Waals surface area contributed by atoms with Crippen molar-refractivity contribution in [1.29, 1.82) is 0 Å². The van der Waals surface area contributed by atoms with Gasteiger partial charge in [-0.25, -0.2) is 8.42 Å². The molecule has 1 atom stereocenters. The second kappa shape index (κ2) is 10.5. The third-order valence-electron chi connectivity index (χ3n) is 4.14. The van der Waals surface area contributed by atoms with Crippen molar-refractivity contribution in [3.63, 3.8) is 0 Å². The maximum atomic E-state index is 12.2. The minimum Gasteiger partial charge on any atom is -0.466 e. The molecular weight excluding hydrogens is 457 g/mol. The van der Waals surface area contributed by atoms with E-state index in [0.717, 1.165) is 19.4 Å². The van der Waals surface area contributed by atoms with E-state index in [-0.39, 0.29) is 41.6 Å². The van der Waals surface area contributed by atoms with Gasteiger partial charge in [-0.2, -0.15) is 0 Å². The molecule has 1 aliphatic rings. The number of carbonyl (C=O) groups is 1. The summed E-state index contributed by atoms with van der Waals surface area (Å²) in [5, 5.41) is 3.10. The molecule has 0 aromatic rings. The SMILES string of the molecule is CCOC(=O)C1CCCN(C(=NC)NCCS(=O)(=O)C(C)(C)C)C1.I. The molecule has 0 aliphatic carbocycles. The van der Waals surface area contributed by atoms with Gasteiger partial charge in [-0.05, 0) is 40.5 Å². The number of hydrogen-bond acceptors (Lipinski definition) is 5. The second-order valence-electron chi connectivity index (χ2n) is 6.94. The van der Waals surface area contributed by atoms with Crippen molar-refractivity contribution >= 4 is 45.7 Å². The van der Waals surface area contributed by atoms with Gasteiger partial charge in [0.15, 0.2) is 15.8 Å². The summed E-state index contributed by atoms with van der Waals surface area (Å²) in [6.07, 6.45) is 1.69. The maximum Gasteiger partial charge on any atom is 0.310 e. The van der Waals surface area contributed by atoms with Crippen molar-refractivity contribution in [1.82, 2.24) is 10.2 Å². The van der Waals surface area contributed by atoms with E-state index in [1.165, 1.54) is 0 Å². The van der Waals surface area contributed by atoms with E-state index in [1.54, 1.807) is 34.7 Å². The van der Waals surface area contributed by atoms with Crippen LogP contribution in [0.4, 0.5) is 0 Å². The van der Waals surface area contributed by atoms with Crippen LogP contribution in [0.25, 0.3) is 0 Å². The molecule has 1 unspecified atom stereocenters. The van der Waals surface area contributed by atoms with Gasteiger partial charge >= 0.3 is 5.97 Å². The van der Waals surface area contributed by atoms with Crippen LogP contribution in [-0.4, -0.2) is 69.0 Å². The van der Waals surface area contributed by atoms with E-state index in [2.05, 4.69) is 10.3 Å². The lowest BCUT2D eigenvalue weighted by molar-refractivity contribution is -0.149. The molecule has 0 amide bonds. The number of nitrogens with one attached hydrogen (secondary N) is 1. The number of rotatable bonds is 5. The lowest BCUT2D eigenvalue weighted by atomic mass is 9.98. The summed E-state index contributed by atoms with van der Waals surface area (Å²) >= 11 is 0. The lowest BCUT2D eigenvalue weighted by Gasteiger charge is -2.34. The summed E-state index contributed by atoms with van der Waals surface area (Å²) in [5.74, 6) is 0.349. The monoisotopic (exact) mass is 489 g/mol. The van der Waals surface area contributed by atoms with Gasteiger partial charge in [0.25, 0.3) is 0 Å². The zero-order valence-electron chi connectivity index (χ0n) is 15.9. The van der Waals surface area contributed by atoms with Gasteiger partial charge in [-0.3, -0.25) is 9.79 Å². The largest absolute Gasteiger partial charge is 0.466 e. The van der Waals surface area contributed by atoms with Crippen LogP contribution in [-0.2, 0) is 19.4 Å². The summed E-state index contributed by atoms with van der Waals surface area (Å²) in [7, 11) is -1.51. The third-order valence-corrected chi connectivity index (χ3v) is 6.75. The number of esters is 1. The van der Waals surface area contributed by atoms with Crippen LogP contribution in [0.3, 0.4) is 0 Å². The Labute approximate surface area is 168 Å². The fourth-order valence-corrected chi connectivity index (χ4v) is 3.54. The molecule has 0 aromatic carbocycles. The first-order valence-electron chi connectivity index (χ1n) is 8.47. The molecule has 1 saturated heterocycles. The van der Waals surface area contributed by atoms with Crippen molar-refractivity contribution < 1.29 is 17.9 Å². The number of nitrogens with zero attached hydrogens (tertiary/aromatic N) is 2. The number of carbonyl (C=O) groups excluding carboxylic acids is 1. The van der Waals surface area contributed by atoms with Crippen molar-refractivity contribution in [3.05, 3.63) is 0 Å². The number of likely N-dealkylation sites (tertiary alicyclic amines) is 1. The van der Waals surface area contributed by atoms with E-state index in [0.29, 0.717) is 25.7 Å². The summed E-state index contributed by atoms with van der Waals surface area (Å²) in [6.45, 7) is 8.92. The standard InChI is InChI=1S/C16H31N3O4S.HI/c1-6-23-14(20)13-8-7-10-19(12-13)15(17-5)18-9-11-24(21,22)16(2,3)4;/h13H,6-12H2,1-5H3,(H,17,18);1H. The second-order valence-corrected chi connectivity index (χ2v) is 9.80. The predicted molar refractivity (Wildman–Crippen MR) is 111 cm³/mol. The van der Waals surface area contributed by atoms with Crippen LogP contribution >= 0.6 is 24.0 Å². The predicted octanol–water partition coefficient (Wildman–Crippen LogP) is 1.67. The fourth-order valence-electron chi connectivity index (χ4n) is 2.56. The Morgan fingerprint density at radius 2 is 2.00 bits per heavy atom. The fraction of sp³-hybridized carbons (Fsp3) is 0.875. The number of aliphatic imine (C=N–C) groups is 1. The van der Waals surface area contributed by atoms with Gasteiger partial charge in [0.1, 0.15) is 0 Å². The van der Waals surface area contributed by atoms with Gasteiger partial charge in [0, 0.05) is 26.7 Å². The van der Waals surface area contributed by atoms with Gasteiger partial charge in [0.2, 0.25) is 0 Å². The minimum absolute atomic E-state index is 0. The molecule has 0 radical (unpaired) electrons. The van der Waals surface area contributed by atoms with Crippen LogP contribution < -0.4 is 5.32 Å². The first kappa shape index (κ1) is 24.4. The van der Waals surface area contributed by atoms with Crippen molar-refractivity contribution in [3.8, 4) is 0 Å². The molecule has 0 bridgehead atoms. The zero-order valence-corrected chi connectivity index (χ0v) is 19.0. The molecule has 0 saturated carbocycles. The smallest absolute Gasteiger partial charge is 0.310 e. The number of ether oxygens (including phenoxy) is 1. The third kappa shape index (κ3) is 7.28. The highest BCUT2D eigenvalue weighted by molar-refractivity contribution is 14.0. The van der Waals surface area contributed by atoms with E-state index >= 15 is 0 Å². The van der Waals surface area contributed by atoms with E-state index in [1.807, 2.05) is 4.90 Å². The topological polar surface area (TPSA) is 88.1 Å². The Morgan fingerprint density at radius 1 is 1.36 bits per heavy atom. The minimum atomic E-state index is -3.17. The molecule has 0 aromatic heterocycles. The van der Waals surface area contributed by atoms with Gasteiger partial charge < -0.3 is 15.0 Å². The number of halogens is 1. The first-order valence-corrected chi connectivity index (χ1v) is 10.1. The number of piperidine rings is 1. The number of hydrogen-bond donors (Lipinski definition) is 1. The maximum absolute atomic E-state index is 12.2. The molecule has 1 N–H and O–H groups in total. The van der Waals surface area contributed by atoms with Gasteiger partial charge in [-0.15, -0.1) is 24.0 Å². The molecule has 7 nitrogen and oxygen atoms in total. The first-order chi connectivity index (χ1) is 11.1. The highest BCUT2D eigenvalue weighted by atomic mass is 127. The zero-order chi connectivity index (χ0) is 18.4. The lowest BCUT2D eigenvalue weighted by Crippen LogP contribution is -2.49. The summed E-state index contributed by atoms with van der Waals surface area (Å²) in [5.41, 5.74) is 0. The molecule has 25 heavy (non-hydrogen) atoms. The van der Waals surface area contributed by atoms with E-state index in [4.69, 9.17) is 4.74 Å². The Morgan fingerprint density at radius 3 is 2.52 bits per heavy atom. The molecule has 148 valence electrons. The van der Waals surface area contributed by atoms with Crippen LogP contribution in [0.5, 0.6) is 0 Å². The van der Waals surface area contributed by atoms with E-state index < -0.39 is 14.6 Å².